The highest BCUT2D eigenvalue weighted by molar-refractivity contribution is 5.84. The zero-order chi connectivity index (χ0) is 13.1. The number of nitrogens with two attached hydrogens (primary N) is 1. The standard InChI is InChI=1S/C13H14FN3O/c14-10-4-3-6-11(9(10)8-15)17-7-2-1-5-12(17)13(16)18/h3-4,6,12H,1-2,5,7H2,(H2,16,18). The molecule has 1 aliphatic rings. The van der Waals surface area contributed by atoms with Crippen molar-refractivity contribution in [1.29, 1.82) is 5.26 Å². The van der Waals surface area contributed by atoms with E-state index in [1.807, 2.05) is 6.07 Å². The first-order valence-corrected chi connectivity index (χ1v) is 5.89. The van der Waals surface area contributed by atoms with E-state index in [9.17, 15) is 9.18 Å². The quantitative estimate of drug-likeness (QED) is 0.861. The van der Waals surface area contributed by atoms with E-state index < -0.39 is 17.8 Å². The van der Waals surface area contributed by atoms with Crippen LogP contribution in [-0.2, 0) is 4.79 Å². The predicted molar refractivity (Wildman–Crippen MR) is 65.3 cm³/mol. The van der Waals surface area contributed by atoms with Crippen LogP contribution in [0, 0.1) is 17.1 Å². The lowest BCUT2D eigenvalue weighted by Crippen LogP contribution is -2.48. The van der Waals surface area contributed by atoms with Gasteiger partial charge in [-0.25, -0.2) is 4.39 Å². The average Bonchev–Trinajstić information content (AvgIpc) is 2.38. The van der Waals surface area contributed by atoms with E-state index >= 15 is 0 Å². The molecule has 2 N–H and O–H groups in total. The topological polar surface area (TPSA) is 70.1 Å². The smallest absolute Gasteiger partial charge is 0.240 e. The van der Waals surface area contributed by atoms with Crippen LogP contribution in [0.3, 0.4) is 0 Å². The SMILES string of the molecule is N#Cc1c(F)cccc1N1CCCCC1C(N)=O. The number of piperidine rings is 1. The summed E-state index contributed by atoms with van der Waals surface area (Å²) in [5.74, 6) is -0.994. The van der Waals surface area contributed by atoms with Gasteiger partial charge in [-0.05, 0) is 31.4 Å². The number of amides is 1. The maximum absolute atomic E-state index is 13.6. The number of carbonyl (C=O) groups excluding carboxylic acids is 1. The van der Waals surface area contributed by atoms with Crippen molar-refractivity contribution >= 4 is 11.6 Å². The number of rotatable bonds is 2. The second-order valence-electron chi connectivity index (χ2n) is 4.35. The maximum Gasteiger partial charge on any atom is 0.240 e. The minimum absolute atomic E-state index is 0.0225. The molecule has 1 fully saturated rings. The van der Waals surface area contributed by atoms with Crippen LogP contribution in [0.25, 0.3) is 0 Å². The average molecular weight is 247 g/mol. The van der Waals surface area contributed by atoms with Gasteiger partial charge in [0.2, 0.25) is 5.91 Å². The molecule has 1 aliphatic heterocycles. The molecule has 0 bridgehead atoms. The summed E-state index contributed by atoms with van der Waals surface area (Å²) in [5.41, 5.74) is 5.80. The Morgan fingerprint density at radius 2 is 2.28 bits per heavy atom. The lowest BCUT2D eigenvalue weighted by Gasteiger charge is -2.36. The summed E-state index contributed by atoms with van der Waals surface area (Å²) in [6, 6.07) is 5.84. The van der Waals surface area contributed by atoms with Gasteiger partial charge in [-0.3, -0.25) is 4.79 Å². The van der Waals surface area contributed by atoms with Crippen molar-refractivity contribution < 1.29 is 9.18 Å². The molecule has 4 nitrogen and oxygen atoms in total. The van der Waals surface area contributed by atoms with Gasteiger partial charge in [0, 0.05) is 6.54 Å². The summed E-state index contributed by atoms with van der Waals surface area (Å²) < 4.78 is 13.6. The predicted octanol–water partition coefficient (Wildman–Crippen LogP) is 1.54. The zero-order valence-corrected chi connectivity index (χ0v) is 9.90. The summed E-state index contributed by atoms with van der Waals surface area (Å²) in [5, 5.41) is 9.02. The first-order chi connectivity index (χ1) is 8.65. The molecular weight excluding hydrogens is 233 g/mol. The number of halogens is 1. The highest BCUT2D eigenvalue weighted by atomic mass is 19.1. The molecule has 0 aliphatic carbocycles. The molecular formula is C13H14FN3O. The van der Waals surface area contributed by atoms with Crippen molar-refractivity contribution in [2.24, 2.45) is 5.73 Å². The van der Waals surface area contributed by atoms with Gasteiger partial charge in [0.15, 0.2) is 0 Å². The van der Waals surface area contributed by atoms with E-state index in [-0.39, 0.29) is 5.56 Å². The van der Waals surface area contributed by atoms with Gasteiger partial charge in [-0.1, -0.05) is 6.07 Å². The van der Waals surface area contributed by atoms with Crippen molar-refractivity contribution in [3.8, 4) is 6.07 Å². The Morgan fingerprint density at radius 1 is 1.50 bits per heavy atom. The second kappa shape index (κ2) is 5.05. The van der Waals surface area contributed by atoms with Crippen LogP contribution in [0.1, 0.15) is 24.8 Å². The summed E-state index contributed by atoms with van der Waals surface area (Å²) in [6.45, 7) is 0.617. The normalized spacial score (nSPS) is 19.3. The molecule has 18 heavy (non-hydrogen) atoms. The van der Waals surface area contributed by atoms with Crippen molar-refractivity contribution in [3.05, 3.63) is 29.6 Å². The number of benzene rings is 1. The fraction of sp³-hybridized carbons (Fsp3) is 0.385. The number of primary amides is 1. The van der Waals surface area contributed by atoms with E-state index in [1.54, 1.807) is 11.0 Å². The van der Waals surface area contributed by atoms with Crippen LogP contribution in [0.4, 0.5) is 10.1 Å². The molecule has 1 saturated heterocycles. The number of anilines is 1. The molecule has 2 rings (SSSR count). The molecule has 94 valence electrons. The lowest BCUT2D eigenvalue weighted by atomic mass is 9.99. The van der Waals surface area contributed by atoms with Gasteiger partial charge in [0.05, 0.1) is 5.69 Å². The molecule has 0 saturated carbocycles. The summed E-state index contributed by atoms with van der Waals surface area (Å²) in [7, 11) is 0. The Morgan fingerprint density at radius 3 is 2.94 bits per heavy atom. The maximum atomic E-state index is 13.6. The number of nitrogens with zero attached hydrogens (tertiary/aromatic N) is 2. The Hall–Kier alpha value is -2.09. The van der Waals surface area contributed by atoms with Gasteiger partial charge >= 0.3 is 0 Å². The van der Waals surface area contributed by atoms with Gasteiger partial charge in [0.1, 0.15) is 23.5 Å². The third kappa shape index (κ3) is 2.14. The fourth-order valence-corrected chi connectivity index (χ4v) is 2.38. The molecule has 5 heteroatoms. The Kier molecular flexibility index (Phi) is 3.47. The molecule has 1 aromatic rings. The van der Waals surface area contributed by atoms with E-state index in [1.165, 1.54) is 12.1 Å². The lowest BCUT2D eigenvalue weighted by molar-refractivity contribution is -0.119. The van der Waals surface area contributed by atoms with Gasteiger partial charge in [-0.2, -0.15) is 5.26 Å². The molecule has 1 unspecified atom stereocenters. The zero-order valence-electron chi connectivity index (χ0n) is 9.90. The van der Waals surface area contributed by atoms with Gasteiger partial charge in [0.25, 0.3) is 0 Å². The van der Waals surface area contributed by atoms with Crippen molar-refractivity contribution in [2.45, 2.75) is 25.3 Å². The van der Waals surface area contributed by atoms with Crippen LogP contribution < -0.4 is 10.6 Å². The first-order valence-electron chi connectivity index (χ1n) is 5.89. The number of hydrogen-bond donors (Lipinski definition) is 1. The number of nitriles is 1. The van der Waals surface area contributed by atoms with E-state index in [2.05, 4.69) is 0 Å². The van der Waals surface area contributed by atoms with Crippen molar-refractivity contribution in [3.63, 3.8) is 0 Å². The molecule has 1 heterocycles. The highest BCUT2D eigenvalue weighted by Gasteiger charge is 2.29. The van der Waals surface area contributed by atoms with Crippen LogP contribution in [-0.4, -0.2) is 18.5 Å². The van der Waals surface area contributed by atoms with Crippen LogP contribution in [0.5, 0.6) is 0 Å². The minimum Gasteiger partial charge on any atom is -0.368 e. The summed E-state index contributed by atoms with van der Waals surface area (Å²) >= 11 is 0. The first kappa shape index (κ1) is 12.4. The molecule has 0 spiro atoms. The third-order valence-electron chi connectivity index (χ3n) is 3.24. The molecule has 1 aromatic carbocycles. The minimum atomic E-state index is -0.566. The highest BCUT2D eigenvalue weighted by Crippen LogP contribution is 2.28. The fourth-order valence-electron chi connectivity index (χ4n) is 2.38. The summed E-state index contributed by atoms with van der Waals surface area (Å²) in [4.78, 5) is 13.2. The van der Waals surface area contributed by atoms with E-state index in [4.69, 9.17) is 11.0 Å². The third-order valence-corrected chi connectivity index (χ3v) is 3.24. The van der Waals surface area contributed by atoms with Crippen LogP contribution in [0.15, 0.2) is 18.2 Å². The Bertz CT molecular complexity index is 509. The van der Waals surface area contributed by atoms with Crippen LogP contribution in [0.2, 0.25) is 0 Å². The molecule has 1 atom stereocenters. The largest absolute Gasteiger partial charge is 0.368 e. The monoisotopic (exact) mass is 247 g/mol. The molecule has 0 radical (unpaired) electrons. The van der Waals surface area contributed by atoms with E-state index in [0.717, 1.165) is 12.8 Å². The van der Waals surface area contributed by atoms with Crippen LogP contribution >= 0.6 is 0 Å². The van der Waals surface area contributed by atoms with Gasteiger partial charge in [-0.15, -0.1) is 0 Å². The van der Waals surface area contributed by atoms with Crippen molar-refractivity contribution in [2.75, 3.05) is 11.4 Å². The van der Waals surface area contributed by atoms with Gasteiger partial charge < -0.3 is 10.6 Å². The number of hydrogen-bond acceptors (Lipinski definition) is 3. The number of carbonyl (C=O) groups is 1. The second-order valence-corrected chi connectivity index (χ2v) is 4.35. The molecule has 1 amide bonds. The summed E-state index contributed by atoms with van der Waals surface area (Å²) in [6.07, 6.45) is 2.48. The Labute approximate surface area is 105 Å². The van der Waals surface area contributed by atoms with Crippen molar-refractivity contribution in [1.82, 2.24) is 0 Å². The Balaban J connectivity index is 2.43. The van der Waals surface area contributed by atoms with E-state index in [0.29, 0.717) is 18.7 Å². The molecule has 0 aromatic heterocycles.